The molecule has 0 aromatic heterocycles. The molecule has 8 heteroatoms. The molecule has 2 aromatic carbocycles. The van der Waals surface area contributed by atoms with E-state index in [0.29, 0.717) is 10.8 Å². The van der Waals surface area contributed by atoms with Crippen molar-refractivity contribution in [3.05, 3.63) is 57.6 Å². The first-order chi connectivity index (χ1) is 11.4. The molecule has 126 valence electrons. The average Bonchev–Trinajstić information content (AvgIpc) is 2.54. The number of aromatic hydroxyl groups is 1. The van der Waals surface area contributed by atoms with Crippen molar-refractivity contribution in [2.75, 3.05) is 6.61 Å². The lowest BCUT2D eigenvalue weighted by Crippen LogP contribution is -2.43. The Labute approximate surface area is 148 Å². The van der Waals surface area contributed by atoms with Gasteiger partial charge in [0, 0.05) is 10.0 Å². The van der Waals surface area contributed by atoms with E-state index in [4.69, 9.17) is 27.9 Å². The third-order valence-corrected chi connectivity index (χ3v) is 3.48. The van der Waals surface area contributed by atoms with E-state index in [0.717, 1.165) is 5.56 Å². The summed E-state index contributed by atoms with van der Waals surface area (Å²) in [5.74, 6) is -1.02. The standard InChI is InChI=1S/C16H14Cl2N2O4/c1-9-6-10(17)3-5-14(9)24-8-15(22)19-20-16(23)12-7-11(18)2-4-13(12)21/h2-7,21H,8H2,1H3,(H,19,22)(H,20,23). The van der Waals surface area contributed by atoms with Crippen LogP contribution in [0.25, 0.3) is 0 Å². The predicted octanol–water partition coefficient (Wildman–Crippen LogP) is 2.85. The molecule has 0 atom stereocenters. The number of hydrazine groups is 1. The van der Waals surface area contributed by atoms with Crippen LogP contribution in [0, 0.1) is 6.92 Å². The molecule has 0 spiro atoms. The highest BCUT2D eigenvalue weighted by atomic mass is 35.5. The molecule has 2 amide bonds. The number of benzene rings is 2. The summed E-state index contributed by atoms with van der Waals surface area (Å²) >= 11 is 11.6. The van der Waals surface area contributed by atoms with Crippen LogP contribution in [-0.4, -0.2) is 23.5 Å². The molecule has 0 aliphatic heterocycles. The summed E-state index contributed by atoms with van der Waals surface area (Å²) in [6.45, 7) is 1.49. The van der Waals surface area contributed by atoms with Crippen molar-refractivity contribution >= 4 is 35.0 Å². The maximum Gasteiger partial charge on any atom is 0.276 e. The molecular weight excluding hydrogens is 355 g/mol. The van der Waals surface area contributed by atoms with Gasteiger partial charge in [-0.2, -0.15) is 0 Å². The van der Waals surface area contributed by atoms with Crippen molar-refractivity contribution in [1.29, 1.82) is 0 Å². The van der Waals surface area contributed by atoms with E-state index < -0.39 is 11.8 Å². The van der Waals surface area contributed by atoms with Gasteiger partial charge in [-0.25, -0.2) is 0 Å². The maximum atomic E-state index is 11.9. The fourth-order valence-electron chi connectivity index (χ4n) is 1.84. The number of phenols is 1. The van der Waals surface area contributed by atoms with Gasteiger partial charge < -0.3 is 9.84 Å². The van der Waals surface area contributed by atoms with Gasteiger partial charge in [0.2, 0.25) is 0 Å². The Hall–Kier alpha value is -2.44. The highest BCUT2D eigenvalue weighted by molar-refractivity contribution is 6.31. The monoisotopic (exact) mass is 368 g/mol. The van der Waals surface area contributed by atoms with Crippen LogP contribution < -0.4 is 15.6 Å². The highest BCUT2D eigenvalue weighted by Crippen LogP contribution is 2.22. The zero-order valence-corrected chi connectivity index (χ0v) is 14.1. The number of halogens is 2. The van der Waals surface area contributed by atoms with Crippen LogP contribution >= 0.6 is 23.2 Å². The first-order valence-electron chi connectivity index (χ1n) is 6.83. The number of hydrogen-bond acceptors (Lipinski definition) is 4. The van der Waals surface area contributed by atoms with Crippen LogP contribution in [0.1, 0.15) is 15.9 Å². The Morgan fingerprint density at radius 2 is 1.75 bits per heavy atom. The molecule has 6 nitrogen and oxygen atoms in total. The quantitative estimate of drug-likeness (QED) is 0.724. The van der Waals surface area contributed by atoms with Crippen LogP contribution in [0.4, 0.5) is 0 Å². The predicted molar refractivity (Wildman–Crippen MR) is 90.4 cm³/mol. The number of carbonyl (C=O) groups excluding carboxylic acids is 2. The van der Waals surface area contributed by atoms with Crippen molar-refractivity contribution in [2.45, 2.75) is 6.92 Å². The Morgan fingerprint density at radius 3 is 2.46 bits per heavy atom. The van der Waals surface area contributed by atoms with E-state index in [1.165, 1.54) is 18.2 Å². The average molecular weight is 369 g/mol. The number of aryl methyl sites for hydroxylation is 1. The lowest BCUT2D eigenvalue weighted by molar-refractivity contribution is -0.123. The minimum atomic E-state index is -0.703. The van der Waals surface area contributed by atoms with E-state index in [2.05, 4.69) is 10.9 Å². The zero-order valence-electron chi connectivity index (χ0n) is 12.6. The molecule has 0 fully saturated rings. The minimum Gasteiger partial charge on any atom is -0.507 e. The van der Waals surface area contributed by atoms with Gasteiger partial charge in [-0.05, 0) is 48.9 Å². The molecule has 0 aliphatic carbocycles. The maximum absolute atomic E-state index is 11.9. The number of amides is 2. The van der Waals surface area contributed by atoms with Crippen LogP contribution in [0.5, 0.6) is 11.5 Å². The Bertz CT molecular complexity index is 781. The zero-order chi connectivity index (χ0) is 17.7. The van der Waals surface area contributed by atoms with E-state index in [-0.39, 0.29) is 22.9 Å². The molecule has 2 rings (SSSR count). The smallest absolute Gasteiger partial charge is 0.276 e. The van der Waals surface area contributed by atoms with Crippen molar-refractivity contribution < 1.29 is 19.4 Å². The third kappa shape index (κ3) is 4.78. The van der Waals surface area contributed by atoms with Crippen molar-refractivity contribution in [1.82, 2.24) is 10.9 Å². The second-order valence-electron chi connectivity index (χ2n) is 4.86. The fourth-order valence-corrected chi connectivity index (χ4v) is 2.24. The first-order valence-corrected chi connectivity index (χ1v) is 7.59. The van der Waals surface area contributed by atoms with Gasteiger partial charge in [0.25, 0.3) is 11.8 Å². The van der Waals surface area contributed by atoms with E-state index in [1.807, 2.05) is 0 Å². The lowest BCUT2D eigenvalue weighted by atomic mass is 10.2. The van der Waals surface area contributed by atoms with Gasteiger partial charge >= 0.3 is 0 Å². The van der Waals surface area contributed by atoms with Gasteiger partial charge in [0.05, 0.1) is 5.56 Å². The SMILES string of the molecule is Cc1cc(Cl)ccc1OCC(=O)NNC(=O)c1cc(Cl)ccc1O. The second-order valence-corrected chi connectivity index (χ2v) is 5.74. The van der Waals surface area contributed by atoms with Gasteiger partial charge in [-0.1, -0.05) is 23.2 Å². The van der Waals surface area contributed by atoms with Crippen LogP contribution in [0.3, 0.4) is 0 Å². The van der Waals surface area contributed by atoms with Crippen LogP contribution in [0.15, 0.2) is 36.4 Å². The number of rotatable bonds is 4. The normalized spacial score (nSPS) is 10.1. The molecular formula is C16H14Cl2N2O4. The Balaban J connectivity index is 1.86. The summed E-state index contributed by atoms with van der Waals surface area (Å²) < 4.78 is 5.34. The summed E-state index contributed by atoms with van der Waals surface area (Å²) in [4.78, 5) is 23.6. The molecule has 2 aromatic rings. The van der Waals surface area contributed by atoms with Crippen molar-refractivity contribution in [3.8, 4) is 11.5 Å². The van der Waals surface area contributed by atoms with E-state index in [9.17, 15) is 14.7 Å². The number of nitrogens with one attached hydrogen (secondary N) is 2. The molecule has 0 saturated carbocycles. The Kier molecular flexibility index (Phi) is 5.89. The van der Waals surface area contributed by atoms with E-state index >= 15 is 0 Å². The number of hydrogen-bond donors (Lipinski definition) is 3. The highest BCUT2D eigenvalue weighted by Gasteiger charge is 2.13. The molecule has 0 heterocycles. The van der Waals surface area contributed by atoms with Crippen molar-refractivity contribution in [3.63, 3.8) is 0 Å². The third-order valence-electron chi connectivity index (χ3n) is 3.01. The minimum absolute atomic E-state index is 0.0581. The Morgan fingerprint density at radius 1 is 1.08 bits per heavy atom. The van der Waals surface area contributed by atoms with Crippen LogP contribution in [-0.2, 0) is 4.79 Å². The number of carbonyl (C=O) groups is 2. The summed E-state index contributed by atoms with van der Waals surface area (Å²) in [7, 11) is 0. The molecule has 24 heavy (non-hydrogen) atoms. The van der Waals surface area contributed by atoms with Gasteiger partial charge in [0.15, 0.2) is 6.61 Å². The van der Waals surface area contributed by atoms with Crippen molar-refractivity contribution in [2.24, 2.45) is 0 Å². The fraction of sp³-hybridized carbons (Fsp3) is 0.125. The van der Waals surface area contributed by atoms with E-state index in [1.54, 1.807) is 25.1 Å². The molecule has 3 N–H and O–H groups in total. The van der Waals surface area contributed by atoms with Gasteiger partial charge in [0.1, 0.15) is 11.5 Å². The molecule has 0 saturated heterocycles. The first kappa shape index (κ1) is 17.9. The number of phenolic OH excluding ortho intramolecular Hbond substituents is 1. The molecule has 0 unspecified atom stereocenters. The summed E-state index contributed by atoms with van der Waals surface area (Å²) in [5, 5.41) is 10.5. The topological polar surface area (TPSA) is 87.7 Å². The summed E-state index contributed by atoms with van der Waals surface area (Å²) in [6, 6.07) is 9.00. The molecule has 0 radical (unpaired) electrons. The summed E-state index contributed by atoms with van der Waals surface area (Å²) in [5.41, 5.74) is 5.08. The second kappa shape index (κ2) is 7.90. The summed E-state index contributed by atoms with van der Waals surface area (Å²) in [6.07, 6.45) is 0. The molecule has 0 aliphatic rings. The van der Waals surface area contributed by atoms with Gasteiger partial charge in [-0.3, -0.25) is 20.4 Å². The largest absolute Gasteiger partial charge is 0.507 e. The molecule has 0 bridgehead atoms. The lowest BCUT2D eigenvalue weighted by Gasteiger charge is -2.11. The number of ether oxygens (including phenoxy) is 1. The van der Waals surface area contributed by atoms with Crippen LogP contribution in [0.2, 0.25) is 10.0 Å². The van der Waals surface area contributed by atoms with Gasteiger partial charge in [-0.15, -0.1) is 0 Å².